The van der Waals surface area contributed by atoms with Crippen molar-refractivity contribution in [2.24, 2.45) is 5.73 Å². The Balaban J connectivity index is 3.12. The monoisotopic (exact) mass is 204 g/mol. The van der Waals surface area contributed by atoms with Crippen LogP contribution in [0.5, 0.6) is 0 Å². The SMILES string of the molecule is CO[SiH](C)OC=CCCNCCN. The minimum atomic E-state index is -1.37. The van der Waals surface area contributed by atoms with E-state index in [2.05, 4.69) is 5.32 Å². The molecule has 0 fully saturated rings. The average Bonchev–Trinajstić information content (AvgIpc) is 2.16. The molecule has 13 heavy (non-hydrogen) atoms. The Hall–Kier alpha value is -0.363. The van der Waals surface area contributed by atoms with Crippen molar-refractivity contribution >= 4 is 9.28 Å². The summed E-state index contributed by atoms with van der Waals surface area (Å²) in [6, 6.07) is 0. The molecule has 78 valence electrons. The van der Waals surface area contributed by atoms with E-state index in [1.807, 2.05) is 12.6 Å². The summed E-state index contributed by atoms with van der Waals surface area (Å²) in [6.45, 7) is 4.49. The topological polar surface area (TPSA) is 56.5 Å². The molecule has 0 heterocycles. The van der Waals surface area contributed by atoms with E-state index in [0.717, 1.165) is 19.5 Å². The lowest BCUT2D eigenvalue weighted by atomic mass is 10.4. The van der Waals surface area contributed by atoms with Crippen molar-refractivity contribution in [3.05, 3.63) is 12.3 Å². The van der Waals surface area contributed by atoms with Gasteiger partial charge in [-0.3, -0.25) is 0 Å². The Bertz CT molecular complexity index is 133. The zero-order chi connectivity index (χ0) is 9.94. The van der Waals surface area contributed by atoms with E-state index in [4.69, 9.17) is 14.6 Å². The molecule has 1 unspecified atom stereocenters. The molecule has 0 aliphatic carbocycles. The molecule has 0 saturated heterocycles. The molecular formula is C8H20N2O2Si. The van der Waals surface area contributed by atoms with Gasteiger partial charge in [-0.05, 0) is 19.5 Å². The van der Waals surface area contributed by atoms with E-state index in [0.29, 0.717) is 6.54 Å². The molecule has 0 aromatic rings. The van der Waals surface area contributed by atoms with Crippen LogP contribution >= 0.6 is 0 Å². The van der Waals surface area contributed by atoms with Gasteiger partial charge < -0.3 is 19.9 Å². The molecule has 0 amide bonds. The largest absolute Gasteiger partial charge is 0.529 e. The first kappa shape index (κ1) is 12.6. The maximum atomic E-state index is 5.31. The predicted molar refractivity (Wildman–Crippen MR) is 56.8 cm³/mol. The molecular weight excluding hydrogens is 184 g/mol. The number of nitrogens with two attached hydrogens (primary N) is 1. The maximum Gasteiger partial charge on any atom is 0.378 e. The van der Waals surface area contributed by atoms with Gasteiger partial charge in [-0.1, -0.05) is 6.08 Å². The van der Waals surface area contributed by atoms with Gasteiger partial charge >= 0.3 is 9.28 Å². The first-order valence-corrected chi connectivity index (χ1v) is 6.65. The van der Waals surface area contributed by atoms with Crippen molar-refractivity contribution in [3.8, 4) is 0 Å². The number of hydrogen-bond acceptors (Lipinski definition) is 4. The van der Waals surface area contributed by atoms with E-state index in [1.165, 1.54) is 0 Å². The van der Waals surface area contributed by atoms with Crippen LogP contribution in [0, 0.1) is 0 Å². The van der Waals surface area contributed by atoms with E-state index in [-0.39, 0.29) is 0 Å². The third-order valence-corrected chi connectivity index (χ3v) is 2.71. The van der Waals surface area contributed by atoms with Crippen LogP contribution in [0.15, 0.2) is 12.3 Å². The highest BCUT2D eigenvalue weighted by atomic mass is 28.3. The van der Waals surface area contributed by atoms with Gasteiger partial charge in [0.25, 0.3) is 0 Å². The van der Waals surface area contributed by atoms with Gasteiger partial charge in [0.1, 0.15) is 0 Å². The fourth-order valence-electron chi connectivity index (χ4n) is 0.702. The van der Waals surface area contributed by atoms with Crippen molar-refractivity contribution in [2.75, 3.05) is 26.7 Å². The zero-order valence-electron chi connectivity index (χ0n) is 8.45. The molecule has 4 nitrogen and oxygen atoms in total. The summed E-state index contributed by atoms with van der Waals surface area (Å²) in [5.41, 5.74) is 5.31. The molecule has 0 aromatic carbocycles. The van der Waals surface area contributed by atoms with Crippen molar-refractivity contribution in [1.82, 2.24) is 5.32 Å². The first-order valence-electron chi connectivity index (χ1n) is 4.55. The van der Waals surface area contributed by atoms with Gasteiger partial charge in [-0.25, -0.2) is 0 Å². The number of nitrogens with one attached hydrogen (secondary N) is 1. The van der Waals surface area contributed by atoms with Gasteiger partial charge in [-0.15, -0.1) is 0 Å². The Morgan fingerprint density at radius 2 is 2.23 bits per heavy atom. The highest BCUT2D eigenvalue weighted by Gasteiger charge is 1.97. The van der Waals surface area contributed by atoms with Crippen molar-refractivity contribution < 1.29 is 8.85 Å². The fraction of sp³-hybridized carbons (Fsp3) is 0.750. The Labute approximate surface area is 81.9 Å². The lowest BCUT2D eigenvalue weighted by Crippen LogP contribution is -2.23. The molecule has 0 bridgehead atoms. The first-order chi connectivity index (χ1) is 6.31. The number of rotatable bonds is 8. The summed E-state index contributed by atoms with van der Waals surface area (Å²) in [7, 11) is 0.301. The smallest absolute Gasteiger partial charge is 0.378 e. The fourth-order valence-corrected chi connectivity index (χ4v) is 1.15. The number of hydrogen-bond donors (Lipinski definition) is 2. The van der Waals surface area contributed by atoms with Crippen molar-refractivity contribution in [3.63, 3.8) is 0 Å². The summed E-state index contributed by atoms with van der Waals surface area (Å²) in [5.74, 6) is 0. The van der Waals surface area contributed by atoms with Gasteiger partial charge in [0.05, 0.1) is 6.26 Å². The summed E-state index contributed by atoms with van der Waals surface area (Å²) in [6.07, 6.45) is 4.68. The van der Waals surface area contributed by atoms with Gasteiger partial charge in [0, 0.05) is 20.2 Å². The van der Waals surface area contributed by atoms with Crippen molar-refractivity contribution in [1.29, 1.82) is 0 Å². The Kier molecular flexibility index (Phi) is 9.45. The van der Waals surface area contributed by atoms with Crippen LogP contribution < -0.4 is 11.1 Å². The molecule has 0 aliphatic heterocycles. The average molecular weight is 204 g/mol. The van der Waals surface area contributed by atoms with Crippen LogP contribution in [0.2, 0.25) is 6.55 Å². The molecule has 0 radical (unpaired) electrons. The summed E-state index contributed by atoms with van der Waals surface area (Å²) < 4.78 is 10.3. The molecule has 0 saturated carbocycles. The van der Waals surface area contributed by atoms with Crippen LogP contribution in [0.4, 0.5) is 0 Å². The lowest BCUT2D eigenvalue weighted by molar-refractivity contribution is 0.313. The molecule has 1 atom stereocenters. The maximum absolute atomic E-state index is 5.31. The van der Waals surface area contributed by atoms with Crippen LogP contribution in [0.25, 0.3) is 0 Å². The molecule has 3 N–H and O–H groups in total. The molecule has 0 spiro atoms. The molecule has 0 aliphatic rings. The molecule has 5 heteroatoms. The van der Waals surface area contributed by atoms with Gasteiger partial charge in [0.2, 0.25) is 0 Å². The van der Waals surface area contributed by atoms with E-state index in [9.17, 15) is 0 Å². The summed E-state index contributed by atoms with van der Waals surface area (Å²) in [4.78, 5) is 0. The minimum absolute atomic E-state index is 0.688. The van der Waals surface area contributed by atoms with Crippen LogP contribution in [-0.2, 0) is 8.85 Å². The van der Waals surface area contributed by atoms with Crippen LogP contribution in [0.1, 0.15) is 6.42 Å². The highest BCUT2D eigenvalue weighted by Crippen LogP contribution is 1.88. The molecule has 0 rings (SSSR count). The Morgan fingerprint density at radius 3 is 2.85 bits per heavy atom. The van der Waals surface area contributed by atoms with E-state index >= 15 is 0 Å². The zero-order valence-corrected chi connectivity index (χ0v) is 9.61. The normalized spacial score (nSPS) is 13.5. The second-order valence-electron chi connectivity index (χ2n) is 2.64. The highest BCUT2D eigenvalue weighted by molar-refractivity contribution is 6.42. The van der Waals surface area contributed by atoms with Crippen molar-refractivity contribution in [2.45, 2.75) is 13.0 Å². The van der Waals surface area contributed by atoms with Crippen LogP contribution in [0.3, 0.4) is 0 Å². The standard InChI is InChI=1S/C8H20N2O2Si/c1-11-13(2)12-8-4-3-6-10-7-5-9/h4,8,10,13H,3,5-7,9H2,1-2H3. The third-order valence-electron chi connectivity index (χ3n) is 1.51. The quantitative estimate of drug-likeness (QED) is 0.331. The lowest BCUT2D eigenvalue weighted by Gasteiger charge is -2.05. The second kappa shape index (κ2) is 9.72. The molecule has 0 aromatic heterocycles. The van der Waals surface area contributed by atoms with E-state index in [1.54, 1.807) is 13.4 Å². The minimum Gasteiger partial charge on any atom is -0.529 e. The Morgan fingerprint density at radius 1 is 1.46 bits per heavy atom. The summed E-state index contributed by atoms with van der Waals surface area (Å²) >= 11 is 0. The second-order valence-corrected chi connectivity index (χ2v) is 4.52. The van der Waals surface area contributed by atoms with E-state index < -0.39 is 9.28 Å². The van der Waals surface area contributed by atoms with Gasteiger partial charge in [-0.2, -0.15) is 0 Å². The third kappa shape index (κ3) is 9.55. The van der Waals surface area contributed by atoms with Gasteiger partial charge in [0.15, 0.2) is 0 Å². The predicted octanol–water partition coefficient (Wildman–Crippen LogP) is -0.0482. The summed E-state index contributed by atoms with van der Waals surface area (Å²) in [5, 5.41) is 3.19. The van der Waals surface area contributed by atoms with Crippen LogP contribution in [-0.4, -0.2) is 36.0 Å².